The highest BCUT2D eigenvalue weighted by molar-refractivity contribution is 5.91. The van der Waals surface area contributed by atoms with Crippen molar-refractivity contribution < 1.29 is 19.0 Å². The van der Waals surface area contributed by atoms with Gasteiger partial charge in [-0.15, -0.1) is 0 Å². The van der Waals surface area contributed by atoms with Crippen LogP contribution in [0.1, 0.15) is 35.8 Å². The zero-order valence-electron chi connectivity index (χ0n) is 13.4. The van der Waals surface area contributed by atoms with Crippen molar-refractivity contribution in [1.29, 1.82) is 0 Å². The predicted octanol–water partition coefficient (Wildman–Crippen LogP) is 3.00. The van der Waals surface area contributed by atoms with E-state index in [2.05, 4.69) is 10.2 Å². The number of aromatic amines is 1. The lowest BCUT2D eigenvalue weighted by molar-refractivity contribution is 0.0592. The van der Waals surface area contributed by atoms with Crippen LogP contribution in [-0.4, -0.2) is 37.5 Å². The van der Waals surface area contributed by atoms with E-state index in [9.17, 15) is 4.79 Å². The molecule has 0 amide bonds. The highest BCUT2D eigenvalue weighted by Gasteiger charge is 2.23. The molecule has 2 aromatic rings. The Hall–Kier alpha value is -2.50. The number of esters is 1. The number of rotatable bonds is 5. The number of nitrogens with zero attached hydrogens (tertiary/aromatic N) is 1. The lowest BCUT2D eigenvalue weighted by Gasteiger charge is -2.11. The van der Waals surface area contributed by atoms with Crippen LogP contribution in [0.15, 0.2) is 18.2 Å². The summed E-state index contributed by atoms with van der Waals surface area (Å²) in [6.45, 7) is 4.00. The Morgan fingerprint density at radius 3 is 2.36 bits per heavy atom. The van der Waals surface area contributed by atoms with Crippen LogP contribution in [0.4, 0.5) is 0 Å². The van der Waals surface area contributed by atoms with E-state index in [-0.39, 0.29) is 5.92 Å². The van der Waals surface area contributed by atoms with Gasteiger partial charge in [0.2, 0.25) is 0 Å². The Balaban J connectivity index is 2.58. The lowest BCUT2D eigenvalue weighted by Crippen LogP contribution is -2.06. The number of aromatic nitrogens is 2. The van der Waals surface area contributed by atoms with Gasteiger partial charge in [0, 0.05) is 11.1 Å². The molecule has 0 aliphatic carbocycles. The van der Waals surface area contributed by atoms with Gasteiger partial charge in [-0.3, -0.25) is 5.10 Å². The molecule has 1 aromatic carbocycles. The number of carbonyl (C=O) groups excluding carboxylic acids is 1. The maximum atomic E-state index is 11.9. The number of benzene rings is 1. The Morgan fingerprint density at radius 1 is 1.14 bits per heavy atom. The predicted molar refractivity (Wildman–Crippen MR) is 82.6 cm³/mol. The summed E-state index contributed by atoms with van der Waals surface area (Å²) in [6.07, 6.45) is 0. The minimum Gasteiger partial charge on any atom is -0.493 e. The Bertz CT molecular complexity index is 677. The number of carbonyl (C=O) groups is 1. The molecule has 0 aliphatic heterocycles. The normalized spacial score (nSPS) is 10.6. The van der Waals surface area contributed by atoms with Crippen LogP contribution in [0.2, 0.25) is 0 Å². The van der Waals surface area contributed by atoms with E-state index < -0.39 is 5.97 Å². The third kappa shape index (κ3) is 2.77. The van der Waals surface area contributed by atoms with E-state index in [0.717, 1.165) is 11.1 Å². The second kappa shape index (κ2) is 6.51. The highest BCUT2D eigenvalue weighted by atomic mass is 16.5. The smallest absolute Gasteiger partial charge is 0.356 e. The second-order valence-electron chi connectivity index (χ2n) is 5.08. The first-order valence-electron chi connectivity index (χ1n) is 6.92. The Morgan fingerprint density at radius 2 is 1.82 bits per heavy atom. The molecule has 0 unspecified atom stereocenters. The van der Waals surface area contributed by atoms with E-state index >= 15 is 0 Å². The SMILES string of the molecule is COC(=O)c1[nH]nc(-c2ccc(OC)c(OC)c2)c1C(C)C. The average molecular weight is 304 g/mol. The van der Waals surface area contributed by atoms with Gasteiger partial charge in [0.15, 0.2) is 11.5 Å². The Labute approximate surface area is 129 Å². The van der Waals surface area contributed by atoms with E-state index in [0.29, 0.717) is 22.9 Å². The van der Waals surface area contributed by atoms with Crippen molar-refractivity contribution in [3.05, 3.63) is 29.5 Å². The number of hydrogen-bond acceptors (Lipinski definition) is 5. The van der Waals surface area contributed by atoms with E-state index in [1.165, 1.54) is 7.11 Å². The third-order valence-corrected chi connectivity index (χ3v) is 3.43. The van der Waals surface area contributed by atoms with Crippen molar-refractivity contribution in [1.82, 2.24) is 10.2 Å². The van der Waals surface area contributed by atoms with Gasteiger partial charge >= 0.3 is 5.97 Å². The molecule has 0 atom stereocenters. The van der Waals surface area contributed by atoms with Crippen LogP contribution in [0.3, 0.4) is 0 Å². The molecular formula is C16H20N2O4. The molecule has 6 heteroatoms. The second-order valence-corrected chi connectivity index (χ2v) is 5.08. The van der Waals surface area contributed by atoms with Crippen LogP contribution < -0.4 is 9.47 Å². The van der Waals surface area contributed by atoms with Gasteiger partial charge in [0.05, 0.1) is 27.0 Å². The van der Waals surface area contributed by atoms with E-state index in [1.54, 1.807) is 14.2 Å². The molecule has 0 spiro atoms. The van der Waals surface area contributed by atoms with Gasteiger partial charge in [-0.2, -0.15) is 5.10 Å². The largest absolute Gasteiger partial charge is 0.493 e. The van der Waals surface area contributed by atoms with Crippen molar-refractivity contribution in [3.8, 4) is 22.8 Å². The number of nitrogens with one attached hydrogen (secondary N) is 1. The maximum Gasteiger partial charge on any atom is 0.356 e. The number of methoxy groups -OCH3 is 3. The molecule has 0 saturated heterocycles. The fraction of sp³-hybridized carbons (Fsp3) is 0.375. The molecule has 0 bridgehead atoms. The standard InChI is InChI=1S/C16H20N2O4/c1-9(2)13-14(17-18-15(13)16(19)22-5)10-6-7-11(20-3)12(8-10)21-4/h6-9H,1-5H3,(H,17,18). The monoisotopic (exact) mass is 304 g/mol. The van der Waals surface area contributed by atoms with Crippen molar-refractivity contribution >= 4 is 5.97 Å². The number of hydrogen-bond donors (Lipinski definition) is 1. The summed E-state index contributed by atoms with van der Waals surface area (Å²) >= 11 is 0. The van der Waals surface area contributed by atoms with Gasteiger partial charge in [-0.25, -0.2) is 4.79 Å². The maximum absolute atomic E-state index is 11.9. The zero-order valence-corrected chi connectivity index (χ0v) is 13.4. The molecule has 1 aromatic heterocycles. The summed E-state index contributed by atoms with van der Waals surface area (Å²) < 4.78 is 15.4. The molecule has 6 nitrogen and oxygen atoms in total. The van der Waals surface area contributed by atoms with Crippen LogP contribution in [0, 0.1) is 0 Å². The fourth-order valence-electron chi connectivity index (χ4n) is 2.37. The molecule has 22 heavy (non-hydrogen) atoms. The summed E-state index contributed by atoms with van der Waals surface area (Å²) in [5.41, 5.74) is 2.74. The molecule has 1 N–H and O–H groups in total. The van der Waals surface area contributed by atoms with Crippen molar-refractivity contribution in [3.63, 3.8) is 0 Å². The van der Waals surface area contributed by atoms with Crippen molar-refractivity contribution in [2.24, 2.45) is 0 Å². The molecule has 0 fully saturated rings. The van der Waals surface area contributed by atoms with Crippen molar-refractivity contribution in [2.45, 2.75) is 19.8 Å². The minimum atomic E-state index is -0.428. The molecule has 2 rings (SSSR count). The first kappa shape index (κ1) is 15.9. The van der Waals surface area contributed by atoms with E-state index in [1.807, 2.05) is 32.0 Å². The van der Waals surface area contributed by atoms with Gasteiger partial charge in [0.25, 0.3) is 0 Å². The number of H-pyrrole nitrogens is 1. The highest BCUT2D eigenvalue weighted by Crippen LogP contribution is 2.35. The molecule has 118 valence electrons. The quantitative estimate of drug-likeness (QED) is 0.860. The number of ether oxygens (including phenoxy) is 3. The van der Waals surface area contributed by atoms with Crippen molar-refractivity contribution in [2.75, 3.05) is 21.3 Å². The lowest BCUT2D eigenvalue weighted by atomic mass is 9.96. The topological polar surface area (TPSA) is 73.4 Å². The van der Waals surface area contributed by atoms with Crippen LogP contribution in [0.5, 0.6) is 11.5 Å². The van der Waals surface area contributed by atoms with Crippen LogP contribution >= 0.6 is 0 Å². The Kier molecular flexibility index (Phi) is 4.70. The summed E-state index contributed by atoms with van der Waals surface area (Å²) in [4.78, 5) is 11.9. The zero-order chi connectivity index (χ0) is 16.3. The first-order valence-corrected chi connectivity index (χ1v) is 6.92. The summed E-state index contributed by atoms with van der Waals surface area (Å²) in [5.74, 6) is 0.928. The minimum absolute atomic E-state index is 0.107. The van der Waals surface area contributed by atoms with E-state index in [4.69, 9.17) is 14.2 Å². The molecule has 0 saturated carbocycles. The van der Waals surface area contributed by atoms with Gasteiger partial charge < -0.3 is 14.2 Å². The molecule has 0 radical (unpaired) electrons. The van der Waals surface area contributed by atoms with Crippen LogP contribution in [-0.2, 0) is 4.74 Å². The summed E-state index contributed by atoms with van der Waals surface area (Å²) in [7, 11) is 4.51. The first-order chi connectivity index (χ1) is 10.5. The van der Waals surface area contributed by atoms with Crippen LogP contribution in [0.25, 0.3) is 11.3 Å². The third-order valence-electron chi connectivity index (χ3n) is 3.43. The molecule has 0 aliphatic rings. The average Bonchev–Trinajstić information content (AvgIpc) is 2.98. The molecule has 1 heterocycles. The van der Waals surface area contributed by atoms with Gasteiger partial charge in [-0.1, -0.05) is 13.8 Å². The summed E-state index contributed by atoms with van der Waals surface area (Å²) in [5, 5.41) is 7.06. The fourth-order valence-corrected chi connectivity index (χ4v) is 2.37. The molecular weight excluding hydrogens is 284 g/mol. The van der Waals surface area contributed by atoms with Gasteiger partial charge in [-0.05, 0) is 24.1 Å². The van der Waals surface area contributed by atoms with Gasteiger partial charge in [0.1, 0.15) is 5.69 Å². The summed E-state index contributed by atoms with van der Waals surface area (Å²) in [6, 6.07) is 5.52.